The minimum atomic E-state index is -0.697. The first kappa shape index (κ1) is 22.0. The zero-order valence-electron chi connectivity index (χ0n) is 20.6. The molecule has 0 amide bonds. The number of carbonyl (C=O) groups excluding carboxylic acids is 2. The third-order valence-electron chi connectivity index (χ3n) is 11.6. The predicted octanol–water partition coefficient (Wildman–Crippen LogP) is 4.38. The quantitative estimate of drug-likeness (QED) is 0.495. The molecule has 0 bridgehead atoms. The van der Waals surface area contributed by atoms with E-state index >= 15 is 0 Å². The highest BCUT2D eigenvalue weighted by Crippen LogP contribution is 2.73. The molecule has 3 saturated carbocycles. The number of fused-ring (bicyclic) bond motifs is 4. The molecule has 5 heteroatoms. The maximum atomic E-state index is 13.3. The summed E-state index contributed by atoms with van der Waals surface area (Å²) < 4.78 is 12.2. The van der Waals surface area contributed by atoms with E-state index in [2.05, 4.69) is 27.7 Å². The van der Waals surface area contributed by atoms with Crippen molar-refractivity contribution in [3.05, 3.63) is 23.3 Å². The van der Waals surface area contributed by atoms with Crippen molar-refractivity contribution in [3.8, 4) is 0 Å². The van der Waals surface area contributed by atoms with Gasteiger partial charge >= 0.3 is 5.97 Å². The van der Waals surface area contributed by atoms with Crippen LogP contribution in [-0.2, 0) is 19.1 Å². The number of hydrogen-bond acceptors (Lipinski definition) is 5. The third kappa shape index (κ3) is 2.56. The smallest absolute Gasteiger partial charge is 0.333 e. The Morgan fingerprint density at radius 2 is 1.88 bits per heavy atom. The van der Waals surface area contributed by atoms with Gasteiger partial charge < -0.3 is 14.6 Å². The largest absolute Gasteiger partial charge is 0.458 e. The molecule has 0 aromatic rings. The number of rotatable bonds is 2. The topological polar surface area (TPSA) is 76.1 Å². The molecule has 1 N–H and O–H groups in total. The molecule has 1 saturated heterocycles. The number of hydrogen-bond donors (Lipinski definition) is 1. The molecular formula is C28H38O5. The molecule has 1 spiro atoms. The van der Waals surface area contributed by atoms with Gasteiger partial charge in [0.1, 0.15) is 17.8 Å². The fraction of sp³-hybridized carbons (Fsp3) is 0.786. The van der Waals surface area contributed by atoms with E-state index in [9.17, 15) is 14.7 Å². The molecule has 11 atom stereocenters. The maximum Gasteiger partial charge on any atom is 0.333 e. The van der Waals surface area contributed by atoms with Crippen molar-refractivity contribution < 1.29 is 24.2 Å². The predicted molar refractivity (Wildman–Crippen MR) is 123 cm³/mol. The van der Waals surface area contributed by atoms with E-state index in [1.165, 1.54) is 6.42 Å². The summed E-state index contributed by atoms with van der Waals surface area (Å²) >= 11 is 0. The van der Waals surface area contributed by atoms with Crippen molar-refractivity contribution in [1.82, 2.24) is 0 Å². The summed E-state index contributed by atoms with van der Waals surface area (Å²) in [4.78, 5) is 25.7. The Morgan fingerprint density at radius 1 is 1.12 bits per heavy atom. The van der Waals surface area contributed by atoms with Crippen molar-refractivity contribution >= 4 is 11.8 Å². The van der Waals surface area contributed by atoms with Gasteiger partial charge in [0.05, 0.1) is 11.5 Å². The number of cyclic esters (lactones) is 1. The Balaban J connectivity index is 1.28. The van der Waals surface area contributed by atoms with Crippen molar-refractivity contribution in [3.63, 3.8) is 0 Å². The minimum absolute atomic E-state index is 0.0125. The fourth-order valence-corrected chi connectivity index (χ4v) is 9.54. The highest BCUT2D eigenvalue weighted by molar-refractivity contribution is 5.98. The lowest BCUT2D eigenvalue weighted by Crippen LogP contribution is -2.63. The highest BCUT2D eigenvalue weighted by atomic mass is 16.6. The normalized spacial score (nSPS) is 53.6. The van der Waals surface area contributed by atoms with Gasteiger partial charge in [-0.05, 0) is 100 Å². The van der Waals surface area contributed by atoms with Gasteiger partial charge in [0, 0.05) is 12.0 Å². The molecule has 0 radical (unpaired) electrons. The first-order valence-electron chi connectivity index (χ1n) is 13.0. The number of aliphatic hydroxyl groups excluding tert-OH is 1. The van der Waals surface area contributed by atoms with Gasteiger partial charge in [0.2, 0.25) is 0 Å². The summed E-state index contributed by atoms with van der Waals surface area (Å²) in [5.41, 5.74) is 0.798. The van der Waals surface area contributed by atoms with Crippen LogP contribution in [0.3, 0.4) is 0 Å². The van der Waals surface area contributed by atoms with Crippen LogP contribution in [0.5, 0.6) is 0 Å². The van der Waals surface area contributed by atoms with E-state index in [-0.39, 0.29) is 35.3 Å². The van der Waals surface area contributed by atoms with Crippen molar-refractivity contribution in [2.75, 3.05) is 0 Å². The standard InChI is InChI=1S/C28H38O5/c1-14-12-21(32-25(31)15(14)2)16(3)18-6-7-19-17-13-24-28(33-24)23(30)9-8-22(29)27(28,5)20(17)10-11-26(18,19)4/h8-9,16-21,23-24,30H,6-7,10-13H2,1-5H3/t16-,17?,18?,19-,20?,21?,23?,24+,26+,27-,28+/m0/s1. The summed E-state index contributed by atoms with van der Waals surface area (Å²) in [5, 5.41) is 10.8. The molecule has 4 fully saturated rings. The molecule has 2 heterocycles. The Morgan fingerprint density at radius 3 is 2.61 bits per heavy atom. The molecule has 5 unspecified atom stereocenters. The molecule has 33 heavy (non-hydrogen) atoms. The molecule has 2 aliphatic heterocycles. The van der Waals surface area contributed by atoms with E-state index in [1.54, 1.807) is 12.2 Å². The van der Waals surface area contributed by atoms with E-state index in [0.29, 0.717) is 23.7 Å². The highest BCUT2D eigenvalue weighted by Gasteiger charge is 2.80. The molecule has 6 aliphatic rings. The monoisotopic (exact) mass is 454 g/mol. The maximum absolute atomic E-state index is 13.3. The number of ketones is 1. The number of carbonyl (C=O) groups is 2. The molecule has 0 aromatic carbocycles. The molecule has 0 aromatic heterocycles. The lowest BCUT2D eigenvalue weighted by molar-refractivity contribution is -0.155. The first-order chi connectivity index (χ1) is 15.6. The Bertz CT molecular complexity index is 981. The summed E-state index contributed by atoms with van der Waals surface area (Å²) in [5.74, 6) is 2.09. The molecule has 6 rings (SSSR count). The second kappa shape index (κ2) is 6.81. The van der Waals surface area contributed by atoms with Gasteiger partial charge in [0.15, 0.2) is 5.78 Å². The summed E-state index contributed by atoms with van der Waals surface area (Å²) in [6.07, 6.45) is 8.75. The number of allylic oxidation sites excluding steroid dienone is 1. The summed E-state index contributed by atoms with van der Waals surface area (Å²) in [6.45, 7) is 10.8. The van der Waals surface area contributed by atoms with Gasteiger partial charge in [-0.3, -0.25) is 4.79 Å². The lowest BCUT2D eigenvalue weighted by Gasteiger charge is -2.58. The Labute approximate surface area is 197 Å². The van der Waals surface area contributed by atoms with E-state index in [4.69, 9.17) is 9.47 Å². The van der Waals surface area contributed by atoms with Crippen LogP contribution >= 0.6 is 0 Å². The van der Waals surface area contributed by atoms with E-state index in [1.807, 2.05) is 6.92 Å². The Kier molecular flexibility index (Phi) is 4.55. The van der Waals surface area contributed by atoms with Gasteiger partial charge in [-0.15, -0.1) is 0 Å². The number of epoxide rings is 1. The summed E-state index contributed by atoms with van der Waals surface area (Å²) in [7, 11) is 0. The molecule has 180 valence electrons. The average molecular weight is 455 g/mol. The van der Waals surface area contributed by atoms with Gasteiger partial charge in [0.25, 0.3) is 0 Å². The summed E-state index contributed by atoms with van der Waals surface area (Å²) in [6, 6.07) is 0. The van der Waals surface area contributed by atoms with Crippen LogP contribution in [0.15, 0.2) is 23.3 Å². The average Bonchev–Trinajstić information content (AvgIpc) is 3.41. The van der Waals surface area contributed by atoms with Gasteiger partial charge in [-0.1, -0.05) is 19.4 Å². The lowest BCUT2D eigenvalue weighted by atomic mass is 9.44. The van der Waals surface area contributed by atoms with Crippen LogP contribution in [0.2, 0.25) is 0 Å². The molecule has 4 aliphatic carbocycles. The minimum Gasteiger partial charge on any atom is -0.458 e. The SMILES string of the molecule is CC1=C(C)C(=O)OC([C@@H](C)C2CC[C@H]3C4C[C@H]5O[C@]56C(O)C=CC(=O)[C@]6(C)C4CC[C@]23C)C1. The van der Waals surface area contributed by atoms with Gasteiger partial charge in [-0.25, -0.2) is 4.79 Å². The van der Waals surface area contributed by atoms with Crippen LogP contribution in [0.1, 0.15) is 73.1 Å². The first-order valence-corrected chi connectivity index (χ1v) is 13.0. The van der Waals surface area contributed by atoms with Crippen LogP contribution in [0, 0.1) is 40.4 Å². The second-order valence-electron chi connectivity index (χ2n) is 12.5. The van der Waals surface area contributed by atoms with Crippen molar-refractivity contribution in [2.45, 2.75) is 97.1 Å². The van der Waals surface area contributed by atoms with Gasteiger partial charge in [-0.2, -0.15) is 0 Å². The van der Waals surface area contributed by atoms with Crippen molar-refractivity contribution in [1.29, 1.82) is 0 Å². The van der Waals surface area contributed by atoms with E-state index in [0.717, 1.165) is 43.3 Å². The number of esters is 1. The zero-order valence-corrected chi connectivity index (χ0v) is 20.6. The van der Waals surface area contributed by atoms with Crippen LogP contribution < -0.4 is 0 Å². The van der Waals surface area contributed by atoms with Crippen LogP contribution in [0.25, 0.3) is 0 Å². The molecular weight excluding hydrogens is 416 g/mol. The third-order valence-corrected chi connectivity index (χ3v) is 11.6. The number of aliphatic hydroxyl groups is 1. The number of ether oxygens (including phenoxy) is 2. The van der Waals surface area contributed by atoms with E-state index < -0.39 is 17.1 Å². The van der Waals surface area contributed by atoms with Crippen LogP contribution in [-0.4, -0.2) is 40.8 Å². The second-order valence-corrected chi connectivity index (χ2v) is 12.5. The fourth-order valence-electron chi connectivity index (χ4n) is 9.54. The van der Waals surface area contributed by atoms with Crippen LogP contribution in [0.4, 0.5) is 0 Å². The zero-order chi connectivity index (χ0) is 23.5. The van der Waals surface area contributed by atoms with Crippen molar-refractivity contribution in [2.24, 2.45) is 40.4 Å². The molecule has 5 nitrogen and oxygen atoms in total. The Hall–Kier alpha value is -1.46.